The molecule has 0 amide bonds. The molecule has 4 rings (SSSR count). The first-order valence-electron chi connectivity index (χ1n) is 8.22. The normalized spacial score (nSPS) is 23.4. The molecule has 0 N–H and O–H groups in total. The second-order valence-corrected chi connectivity index (χ2v) is 10.5. The Morgan fingerprint density at radius 3 is 2.74 bits per heavy atom. The lowest BCUT2D eigenvalue weighted by Crippen LogP contribution is -2.39. The van der Waals surface area contributed by atoms with E-state index in [1.165, 1.54) is 30.0 Å². The van der Waals surface area contributed by atoms with E-state index >= 15 is 0 Å². The van der Waals surface area contributed by atoms with Crippen LogP contribution in [-0.2, 0) is 15.6 Å². The van der Waals surface area contributed by atoms with Crippen LogP contribution in [0, 0.1) is 11.6 Å². The molecule has 2 atom stereocenters. The van der Waals surface area contributed by atoms with E-state index in [2.05, 4.69) is 20.9 Å². The lowest BCUT2D eigenvalue weighted by atomic mass is 10.1. The smallest absolute Gasteiger partial charge is 0.164 e. The lowest BCUT2D eigenvalue weighted by molar-refractivity contribution is 0.600. The number of aliphatic imine (C=N–C) groups is 1. The third-order valence-corrected chi connectivity index (χ3v) is 7.76. The molecule has 2 aliphatic heterocycles. The van der Waals surface area contributed by atoms with Gasteiger partial charge in [0.2, 0.25) is 0 Å². The van der Waals surface area contributed by atoms with Crippen LogP contribution in [0.25, 0.3) is 0 Å². The topological polar surface area (TPSA) is 49.7 Å². The minimum Gasteiger partial charge on any atom is -0.312 e. The lowest BCUT2D eigenvalue weighted by Gasteiger charge is -2.27. The third kappa shape index (κ3) is 3.90. The second kappa shape index (κ2) is 7.18. The fraction of sp³-hybridized carbons (Fsp3) is 0.278. The zero-order valence-corrected chi connectivity index (χ0v) is 17.2. The summed E-state index contributed by atoms with van der Waals surface area (Å²) in [6.45, 7) is 0. The number of rotatable bonds is 3. The Hall–Kier alpha value is -1.45. The quantitative estimate of drug-likeness (QED) is 0.677. The number of halogens is 3. The summed E-state index contributed by atoms with van der Waals surface area (Å²) in [5, 5.41) is 0.561. The summed E-state index contributed by atoms with van der Waals surface area (Å²) in [5.74, 6) is -0.400. The fourth-order valence-corrected chi connectivity index (χ4v) is 6.60. The molecule has 27 heavy (non-hydrogen) atoms. The number of thioether (sulfide) groups is 1. The summed E-state index contributed by atoms with van der Waals surface area (Å²) in [4.78, 5) is 6.24. The zero-order chi connectivity index (χ0) is 19.2. The van der Waals surface area contributed by atoms with Gasteiger partial charge >= 0.3 is 0 Å². The molecule has 2 unspecified atom stereocenters. The van der Waals surface area contributed by atoms with Gasteiger partial charge in [-0.25, -0.2) is 17.2 Å². The van der Waals surface area contributed by atoms with Crippen molar-refractivity contribution < 1.29 is 17.2 Å². The van der Waals surface area contributed by atoms with Gasteiger partial charge in [0.05, 0.1) is 29.3 Å². The highest BCUT2D eigenvalue weighted by atomic mass is 79.9. The highest BCUT2D eigenvalue weighted by molar-refractivity contribution is 9.10. The van der Waals surface area contributed by atoms with Gasteiger partial charge in [-0.2, -0.15) is 0 Å². The van der Waals surface area contributed by atoms with Crippen molar-refractivity contribution in [3.8, 4) is 0 Å². The fourth-order valence-electron chi connectivity index (χ4n) is 3.37. The molecule has 0 aromatic heterocycles. The van der Waals surface area contributed by atoms with Crippen molar-refractivity contribution in [2.24, 2.45) is 4.99 Å². The highest BCUT2D eigenvalue weighted by Gasteiger charge is 2.47. The Bertz CT molecular complexity index is 1030. The molecule has 0 aliphatic carbocycles. The number of fused-ring (bicyclic) bond motifs is 1. The Balaban J connectivity index is 1.65. The predicted octanol–water partition coefficient (Wildman–Crippen LogP) is 4.00. The number of amidine groups is 1. The van der Waals surface area contributed by atoms with E-state index in [1.807, 2.05) is 0 Å². The summed E-state index contributed by atoms with van der Waals surface area (Å²) in [5.41, 5.74) is 1.08. The van der Waals surface area contributed by atoms with E-state index in [9.17, 15) is 17.2 Å². The number of sulfone groups is 1. The number of hydrogen-bond acceptors (Lipinski definition) is 5. The Morgan fingerprint density at radius 2 is 2.00 bits per heavy atom. The molecule has 2 aromatic rings. The van der Waals surface area contributed by atoms with E-state index in [0.29, 0.717) is 21.1 Å². The molecular formula is C18H15BrF2N2O2S2. The molecule has 0 saturated carbocycles. The average molecular weight is 473 g/mol. The number of hydrogen-bond donors (Lipinski definition) is 0. The van der Waals surface area contributed by atoms with E-state index in [4.69, 9.17) is 0 Å². The number of nitrogens with zero attached hydrogens (tertiary/aromatic N) is 2. The van der Waals surface area contributed by atoms with Crippen LogP contribution in [0.3, 0.4) is 0 Å². The van der Waals surface area contributed by atoms with Gasteiger partial charge in [0.25, 0.3) is 0 Å². The van der Waals surface area contributed by atoms with E-state index in [-0.39, 0.29) is 17.3 Å². The maximum Gasteiger partial charge on any atom is 0.164 e. The molecule has 142 valence electrons. The van der Waals surface area contributed by atoms with E-state index in [0.717, 1.165) is 5.56 Å². The second-order valence-electron chi connectivity index (χ2n) is 6.51. The maximum atomic E-state index is 14.6. The van der Waals surface area contributed by atoms with Crippen molar-refractivity contribution in [2.45, 2.75) is 17.8 Å². The maximum absolute atomic E-state index is 14.6. The van der Waals surface area contributed by atoms with Crippen molar-refractivity contribution in [3.63, 3.8) is 0 Å². The predicted molar refractivity (Wildman–Crippen MR) is 108 cm³/mol. The summed E-state index contributed by atoms with van der Waals surface area (Å²) in [6, 6.07) is 10.1. The first-order chi connectivity index (χ1) is 12.8. The molecule has 0 radical (unpaired) electrons. The summed E-state index contributed by atoms with van der Waals surface area (Å²) in [7, 11) is -3.20. The van der Waals surface area contributed by atoms with Crippen LogP contribution in [-0.4, -0.2) is 37.2 Å². The zero-order valence-electron chi connectivity index (χ0n) is 14.0. The van der Waals surface area contributed by atoms with Crippen LogP contribution < -0.4 is 4.90 Å². The standard InChI is InChI=1S/C18H15BrF2N2O2S2/c19-12-4-5-16(14(21)7-12)23-17-10-27(24,25)9-15(17)22-18(23)26-8-11-2-1-3-13(20)6-11/h1-7,15,17H,8-10H2. The van der Waals surface area contributed by atoms with Crippen LogP contribution >= 0.6 is 27.7 Å². The van der Waals surface area contributed by atoms with Crippen LogP contribution in [0.5, 0.6) is 0 Å². The van der Waals surface area contributed by atoms with Gasteiger partial charge in [-0.05, 0) is 35.9 Å². The highest BCUT2D eigenvalue weighted by Crippen LogP contribution is 2.37. The van der Waals surface area contributed by atoms with Gasteiger partial charge in [-0.3, -0.25) is 4.99 Å². The van der Waals surface area contributed by atoms with E-state index in [1.54, 1.807) is 29.2 Å². The minimum atomic E-state index is -3.20. The van der Waals surface area contributed by atoms with E-state index < -0.39 is 27.7 Å². The average Bonchev–Trinajstić information content (AvgIpc) is 3.05. The van der Waals surface area contributed by atoms with Crippen LogP contribution in [0.4, 0.5) is 14.5 Å². The Labute approximate surface area is 168 Å². The minimum absolute atomic E-state index is 0.0314. The molecule has 0 spiro atoms. The largest absolute Gasteiger partial charge is 0.312 e. The molecule has 1 fully saturated rings. The first kappa shape index (κ1) is 18.9. The van der Waals surface area contributed by atoms with Gasteiger partial charge in [0.15, 0.2) is 15.0 Å². The molecule has 1 saturated heterocycles. The summed E-state index contributed by atoms with van der Waals surface area (Å²) >= 11 is 4.59. The van der Waals surface area contributed by atoms with Crippen LogP contribution in [0.15, 0.2) is 51.9 Å². The molecule has 2 aromatic carbocycles. The van der Waals surface area contributed by atoms with Crippen molar-refractivity contribution in [3.05, 3.63) is 64.1 Å². The Kier molecular flexibility index (Phi) is 5.02. The molecule has 4 nitrogen and oxygen atoms in total. The van der Waals surface area contributed by atoms with Crippen molar-refractivity contribution in [1.29, 1.82) is 0 Å². The molecular weight excluding hydrogens is 458 g/mol. The first-order valence-corrected chi connectivity index (χ1v) is 11.8. The van der Waals surface area contributed by atoms with Gasteiger partial charge in [0, 0.05) is 10.2 Å². The number of benzene rings is 2. The molecule has 9 heteroatoms. The molecule has 2 aliphatic rings. The van der Waals surface area contributed by atoms with Crippen molar-refractivity contribution >= 4 is 48.4 Å². The van der Waals surface area contributed by atoms with Gasteiger partial charge in [-0.1, -0.05) is 39.8 Å². The third-order valence-electron chi connectivity index (χ3n) is 4.53. The van der Waals surface area contributed by atoms with Crippen LogP contribution in [0.1, 0.15) is 5.56 Å². The van der Waals surface area contributed by atoms with Crippen molar-refractivity contribution in [1.82, 2.24) is 0 Å². The van der Waals surface area contributed by atoms with Gasteiger partial charge in [-0.15, -0.1) is 0 Å². The number of anilines is 1. The monoisotopic (exact) mass is 472 g/mol. The van der Waals surface area contributed by atoms with Crippen molar-refractivity contribution in [2.75, 3.05) is 16.4 Å². The summed E-state index contributed by atoms with van der Waals surface area (Å²) < 4.78 is 52.7. The molecule has 2 heterocycles. The summed E-state index contributed by atoms with van der Waals surface area (Å²) in [6.07, 6.45) is 0. The Morgan fingerprint density at radius 1 is 1.19 bits per heavy atom. The molecule has 0 bridgehead atoms. The van der Waals surface area contributed by atoms with Gasteiger partial charge < -0.3 is 4.90 Å². The van der Waals surface area contributed by atoms with Gasteiger partial charge in [0.1, 0.15) is 11.6 Å². The van der Waals surface area contributed by atoms with Crippen LogP contribution in [0.2, 0.25) is 0 Å². The SMILES string of the molecule is O=S1(=O)CC2N=C(SCc3cccc(F)c3)N(c3ccc(Br)cc3F)C2C1.